The van der Waals surface area contributed by atoms with Crippen LogP contribution in [0.2, 0.25) is 0 Å². The summed E-state index contributed by atoms with van der Waals surface area (Å²) in [4.78, 5) is 22.9. The van der Waals surface area contributed by atoms with Crippen molar-refractivity contribution in [2.45, 2.75) is 25.6 Å². The highest BCUT2D eigenvalue weighted by Crippen LogP contribution is 2.28. The van der Waals surface area contributed by atoms with Crippen molar-refractivity contribution in [3.63, 3.8) is 0 Å². The number of hydrogen-bond donors (Lipinski definition) is 1. The zero-order valence-corrected chi connectivity index (χ0v) is 17.4. The van der Waals surface area contributed by atoms with E-state index in [9.17, 15) is 9.90 Å². The van der Waals surface area contributed by atoms with Gasteiger partial charge in [0.2, 0.25) is 0 Å². The van der Waals surface area contributed by atoms with Crippen molar-refractivity contribution in [1.29, 1.82) is 0 Å². The molecule has 0 saturated carbocycles. The van der Waals surface area contributed by atoms with Gasteiger partial charge in [-0.2, -0.15) is 0 Å². The summed E-state index contributed by atoms with van der Waals surface area (Å²) in [5, 5.41) is 9.72. The Bertz CT molecular complexity index is 1020. The lowest BCUT2D eigenvalue weighted by Crippen LogP contribution is -2.41. The predicted molar refractivity (Wildman–Crippen MR) is 117 cm³/mol. The first-order valence-corrected chi connectivity index (χ1v) is 10.3. The maximum absolute atomic E-state index is 11.9. The van der Waals surface area contributed by atoms with Crippen molar-refractivity contribution < 1.29 is 19.4 Å². The minimum atomic E-state index is -0.986. The van der Waals surface area contributed by atoms with Crippen molar-refractivity contribution in [3.8, 4) is 17.0 Å². The monoisotopic (exact) mass is 419 g/mol. The van der Waals surface area contributed by atoms with Gasteiger partial charge in [-0.25, -0.2) is 9.78 Å². The van der Waals surface area contributed by atoms with Crippen LogP contribution in [0.4, 0.5) is 5.82 Å². The average molecular weight is 419 g/mol. The van der Waals surface area contributed by atoms with Crippen molar-refractivity contribution in [2.24, 2.45) is 0 Å². The molecular formula is C24H25N3O4. The number of ether oxygens (including phenoxy) is 2. The van der Waals surface area contributed by atoms with Gasteiger partial charge in [0.25, 0.3) is 0 Å². The molecule has 1 atom stereocenters. The Morgan fingerprint density at radius 2 is 2.00 bits per heavy atom. The molecule has 160 valence electrons. The number of rotatable bonds is 7. The number of aromatic nitrogens is 2. The van der Waals surface area contributed by atoms with E-state index in [0.29, 0.717) is 19.0 Å². The van der Waals surface area contributed by atoms with Gasteiger partial charge in [-0.05, 0) is 61.4 Å². The minimum absolute atomic E-state index is 0.0103. The Balaban J connectivity index is 1.55. The number of pyridine rings is 2. The zero-order valence-electron chi connectivity index (χ0n) is 17.4. The number of benzene rings is 1. The lowest BCUT2D eigenvalue weighted by atomic mass is 10.1. The smallest absolute Gasteiger partial charge is 0.339 e. The first-order valence-electron chi connectivity index (χ1n) is 10.3. The molecule has 1 aromatic carbocycles. The second-order valence-electron chi connectivity index (χ2n) is 7.44. The number of hydrogen-bond acceptors (Lipinski definition) is 6. The number of methoxy groups -OCH3 is 1. The second-order valence-corrected chi connectivity index (χ2v) is 7.44. The molecule has 7 heteroatoms. The van der Waals surface area contributed by atoms with Crippen molar-refractivity contribution in [2.75, 3.05) is 25.1 Å². The summed E-state index contributed by atoms with van der Waals surface area (Å²) in [5.74, 6) is 0.252. The van der Waals surface area contributed by atoms with E-state index in [-0.39, 0.29) is 11.7 Å². The summed E-state index contributed by atoms with van der Waals surface area (Å²) >= 11 is 0. The minimum Gasteiger partial charge on any atom is -0.497 e. The van der Waals surface area contributed by atoms with Crippen LogP contribution in [-0.4, -0.2) is 47.3 Å². The fourth-order valence-corrected chi connectivity index (χ4v) is 3.73. The highest BCUT2D eigenvalue weighted by atomic mass is 16.5. The van der Waals surface area contributed by atoms with Crippen LogP contribution < -0.4 is 9.64 Å². The van der Waals surface area contributed by atoms with E-state index in [1.165, 1.54) is 0 Å². The van der Waals surface area contributed by atoms with Crippen LogP contribution in [0.3, 0.4) is 0 Å². The van der Waals surface area contributed by atoms with E-state index in [1.807, 2.05) is 47.4 Å². The van der Waals surface area contributed by atoms with Crippen molar-refractivity contribution in [1.82, 2.24) is 9.97 Å². The van der Waals surface area contributed by atoms with Crippen LogP contribution in [0.5, 0.6) is 5.75 Å². The summed E-state index contributed by atoms with van der Waals surface area (Å²) in [6.07, 6.45) is 3.56. The molecule has 1 saturated heterocycles. The van der Waals surface area contributed by atoms with Gasteiger partial charge in [0.15, 0.2) is 0 Å². The molecule has 0 amide bonds. The highest BCUT2D eigenvalue weighted by Gasteiger charge is 2.26. The lowest BCUT2D eigenvalue weighted by molar-refractivity contribution is 0.0296. The molecule has 1 unspecified atom stereocenters. The molecular weight excluding hydrogens is 394 g/mol. The largest absolute Gasteiger partial charge is 0.497 e. The Hall–Kier alpha value is -3.45. The van der Waals surface area contributed by atoms with Gasteiger partial charge in [0, 0.05) is 24.8 Å². The first-order chi connectivity index (χ1) is 15.1. The lowest BCUT2D eigenvalue weighted by Gasteiger charge is -2.34. The highest BCUT2D eigenvalue weighted by molar-refractivity contribution is 5.94. The molecule has 0 spiro atoms. The van der Waals surface area contributed by atoms with Crippen LogP contribution in [0, 0.1) is 0 Å². The number of nitrogens with zero attached hydrogens (tertiary/aromatic N) is 3. The van der Waals surface area contributed by atoms with Crippen LogP contribution in [0.1, 0.15) is 28.9 Å². The molecule has 1 N–H and O–H groups in total. The average Bonchev–Trinajstić information content (AvgIpc) is 2.83. The SMILES string of the molecule is COc1ccc(-c2ccc(C(=O)O)c(N3CCCC(OCc4ccccn4)C3)n2)cc1. The van der Waals surface area contributed by atoms with Gasteiger partial charge in [-0.15, -0.1) is 0 Å². The van der Waals surface area contributed by atoms with Gasteiger partial charge >= 0.3 is 5.97 Å². The molecule has 1 fully saturated rings. The summed E-state index contributed by atoms with van der Waals surface area (Å²) < 4.78 is 11.3. The molecule has 0 bridgehead atoms. The summed E-state index contributed by atoms with van der Waals surface area (Å²) in [6, 6.07) is 16.7. The van der Waals surface area contributed by atoms with Crippen LogP contribution >= 0.6 is 0 Å². The fourth-order valence-electron chi connectivity index (χ4n) is 3.73. The molecule has 1 aliphatic rings. The number of aromatic carboxylic acids is 1. The topological polar surface area (TPSA) is 84.8 Å². The Morgan fingerprint density at radius 1 is 1.16 bits per heavy atom. The zero-order chi connectivity index (χ0) is 21.6. The van der Waals surface area contributed by atoms with E-state index in [2.05, 4.69) is 4.98 Å². The maximum Gasteiger partial charge on any atom is 0.339 e. The van der Waals surface area contributed by atoms with Gasteiger partial charge in [-0.3, -0.25) is 4.98 Å². The molecule has 3 heterocycles. The Labute approximate surface area is 181 Å². The number of carbonyl (C=O) groups is 1. The molecule has 31 heavy (non-hydrogen) atoms. The summed E-state index contributed by atoms with van der Waals surface area (Å²) in [7, 11) is 1.62. The van der Waals surface area contributed by atoms with Crippen molar-refractivity contribution in [3.05, 3.63) is 72.1 Å². The quantitative estimate of drug-likeness (QED) is 0.619. The van der Waals surface area contributed by atoms with Gasteiger partial charge < -0.3 is 19.5 Å². The third-order valence-corrected chi connectivity index (χ3v) is 5.36. The number of carboxylic acid groups (broad SMARTS) is 1. The number of carboxylic acids is 1. The second kappa shape index (κ2) is 9.57. The predicted octanol–water partition coefficient (Wildman–Crippen LogP) is 4.04. The molecule has 2 aromatic heterocycles. The van der Waals surface area contributed by atoms with E-state index in [4.69, 9.17) is 14.5 Å². The van der Waals surface area contributed by atoms with Gasteiger partial charge in [0.1, 0.15) is 17.1 Å². The molecule has 3 aromatic rings. The number of piperidine rings is 1. The van der Waals surface area contributed by atoms with Gasteiger partial charge in [-0.1, -0.05) is 6.07 Å². The normalized spacial score (nSPS) is 16.2. The standard InChI is InChI=1S/C24H25N3O4/c1-30-19-9-7-17(8-10-19)22-12-11-21(24(28)29)23(26-22)27-14-4-6-20(15-27)31-16-18-5-2-3-13-25-18/h2-3,5,7-13,20H,4,6,14-16H2,1H3,(H,28,29). The third kappa shape index (κ3) is 5.00. The summed E-state index contributed by atoms with van der Waals surface area (Å²) in [5.41, 5.74) is 2.70. The van der Waals surface area contributed by atoms with E-state index in [1.54, 1.807) is 25.4 Å². The Morgan fingerprint density at radius 3 is 2.71 bits per heavy atom. The third-order valence-electron chi connectivity index (χ3n) is 5.36. The van der Waals surface area contributed by atoms with E-state index >= 15 is 0 Å². The molecule has 0 aliphatic carbocycles. The molecule has 7 nitrogen and oxygen atoms in total. The van der Waals surface area contributed by atoms with Crippen LogP contribution in [-0.2, 0) is 11.3 Å². The summed E-state index contributed by atoms with van der Waals surface area (Å²) in [6.45, 7) is 1.76. The molecule has 4 rings (SSSR count). The number of anilines is 1. The van der Waals surface area contributed by atoms with Crippen LogP contribution in [0.25, 0.3) is 11.3 Å². The van der Waals surface area contributed by atoms with E-state index < -0.39 is 5.97 Å². The molecule has 0 radical (unpaired) electrons. The van der Waals surface area contributed by atoms with E-state index in [0.717, 1.165) is 42.1 Å². The van der Waals surface area contributed by atoms with Crippen LogP contribution in [0.15, 0.2) is 60.8 Å². The maximum atomic E-state index is 11.9. The van der Waals surface area contributed by atoms with Gasteiger partial charge in [0.05, 0.1) is 31.2 Å². The Kier molecular flexibility index (Phi) is 6.43. The van der Waals surface area contributed by atoms with Crippen molar-refractivity contribution >= 4 is 11.8 Å². The first kappa shape index (κ1) is 20.8. The molecule has 1 aliphatic heterocycles. The fraction of sp³-hybridized carbons (Fsp3) is 0.292.